The van der Waals surface area contributed by atoms with E-state index in [0.29, 0.717) is 17.1 Å². The van der Waals surface area contributed by atoms with Gasteiger partial charge in [0.15, 0.2) is 0 Å². The van der Waals surface area contributed by atoms with Crippen LogP contribution in [0.4, 0.5) is 0 Å². The number of hydrogen-bond donors (Lipinski definition) is 0. The van der Waals surface area contributed by atoms with E-state index in [1.54, 1.807) is 0 Å². The number of hydrogen-bond acceptors (Lipinski definition) is 1. The fraction of sp³-hybridized carbons (Fsp3) is 0.750. The zero-order valence-electron chi connectivity index (χ0n) is 13.5. The Bertz CT molecular complexity index is 530. The lowest BCUT2D eigenvalue weighted by molar-refractivity contribution is -0.134. The molecule has 0 aromatic carbocycles. The minimum atomic E-state index is 0.0202. The molecule has 4 aliphatic carbocycles. The largest absolute Gasteiger partial charge is 0.299 e. The normalized spacial score (nSPS) is 52.3. The molecule has 4 rings (SSSR count). The minimum Gasteiger partial charge on any atom is -0.299 e. The number of carbonyl (C=O) groups excluding carboxylic acids is 1. The number of fused-ring (bicyclic) bond motifs is 5. The standard InChI is InChI=1S/C20H28O/c1-13-8-10-19(2)14(12-13)4-5-15-16-6-7-18(21)20(16,3)11-9-17(15)19/h8,10,14-17H,1,4-7,9,11-12H2,2-3H3/t14?,15-,16-,17-,19-,20-/m0/s1. The summed E-state index contributed by atoms with van der Waals surface area (Å²) in [6, 6.07) is 0. The van der Waals surface area contributed by atoms with Crippen LogP contribution in [0.25, 0.3) is 0 Å². The van der Waals surface area contributed by atoms with Crippen LogP contribution < -0.4 is 0 Å². The molecule has 6 atom stereocenters. The van der Waals surface area contributed by atoms with Crippen molar-refractivity contribution in [3.63, 3.8) is 0 Å². The summed E-state index contributed by atoms with van der Waals surface area (Å²) >= 11 is 0. The Hall–Kier alpha value is -0.850. The maximum atomic E-state index is 12.4. The summed E-state index contributed by atoms with van der Waals surface area (Å²) in [7, 11) is 0. The second-order valence-electron chi connectivity index (χ2n) is 8.63. The van der Waals surface area contributed by atoms with Crippen molar-refractivity contribution in [3.8, 4) is 0 Å². The summed E-state index contributed by atoms with van der Waals surface area (Å²) < 4.78 is 0. The van der Waals surface area contributed by atoms with Gasteiger partial charge < -0.3 is 0 Å². The zero-order valence-corrected chi connectivity index (χ0v) is 13.5. The first-order valence-electron chi connectivity index (χ1n) is 8.85. The molecule has 0 aromatic heterocycles. The highest BCUT2D eigenvalue weighted by molar-refractivity contribution is 5.87. The fourth-order valence-corrected chi connectivity index (χ4v) is 6.50. The van der Waals surface area contributed by atoms with Crippen LogP contribution >= 0.6 is 0 Å². The highest BCUT2D eigenvalue weighted by Crippen LogP contribution is 2.64. The third-order valence-electron chi connectivity index (χ3n) is 7.86. The van der Waals surface area contributed by atoms with Gasteiger partial charge in [-0.15, -0.1) is 0 Å². The van der Waals surface area contributed by atoms with Gasteiger partial charge in [-0.2, -0.15) is 0 Å². The Morgan fingerprint density at radius 1 is 1.14 bits per heavy atom. The first-order valence-corrected chi connectivity index (χ1v) is 8.85. The Morgan fingerprint density at radius 3 is 2.76 bits per heavy atom. The van der Waals surface area contributed by atoms with Gasteiger partial charge in [-0.1, -0.05) is 38.2 Å². The first-order chi connectivity index (χ1) is 9.95. The first kappa shape index (κ1) is 13.8. The molecule has 0 spiro atoms. The maximum Gasteiger partial charge on any atom is 0.139 e. The summed E-state index contributed by atoms with van der Waals surface area (Å²) in [5.74, 6) is 3.60. The minimum absolute atomic E-state index is 0.0202. The Balaban J connectivity index is 1.70. The molecule has 0 N–H and O–H groups in total. The van der Waals surface area contributed by atoms with E-state index < -0.39 is 0 Å². The second kappa shape index (κ2) is 4.33. The molecule has 114 valence electrons. The van der Waals surface area contributed by atoms with Gasteiger partial charge in [0.1, 0.15) is 5.78 Å². The van der Waals surface area contributed by atoms with Crippen LogP contribution in [-0.4, -0.2) is 5.78 Å². The van der Waals surface area contributed by atoms with Crippen LogP contribution in [0.1, 0.15) is 58.8 Å². The van der Waals surface area contributed by atoms with Crippen molar-refractivity contribution >= 4 is 5.78 Å². The lowest BCUT2D eigenvalue weighted by Crippen LogP contribution is -2.51. The zero-order chi connectivity index (χ0) is 14.8. The van der Waals surface area contributed by atoms with Gasteiger partial charge in [0.2, 0.25) is 0 Å². The second-order valence-corrected chi connectivity index (χ2v) is 8.63. The molecule has 1 nitrogen and oxygen atoms in total. The van der Waals surface area contributed by atoms with E-state index in [9.17, 15) is 4.79 Å². The monoisotopic (exact) mass is 284 g/mol. The van der Waals surface area contributed by atoms with Crippen molar-refractivity contribution in [1.29, 1.82) is 0 Å². The number of ketones is 1. The summed E-state index contributed by atoms with van der Waals surface area (Å²) in [6.45, 7) is 8.95. The lowest BCUT2D eigenvalue weighted by atomic mass is 9.46. The van der Waals surface area contributed by atoms with Gasteiger partial charge in [-0.3, -0.25) is 4.79 Å². The van der Waals surface area contributed by atoms with Gasteiger partial charge in [0.25, 0.3) is 0 Å². The molecule has 1 unspecified atom stereocenters. The quantitative estimate of drug-likeness (QED) is 0.616. The SMILES string of the molecule is C=C1C=C[C@@]2(C)C(CC[C@@H]3[C@@H]2CC[C@]2(C)C(=O)CC[C@@H]32)C1. The van der Waals surface area contributed by atoms with Gasteiger partial charge >= 0.3 is 0 Å². The number of rotatable bonds is 0. The third kappa shape index (κ3) is 1.72. The maximum absolute atomic E-state index is 12.4. The molecule has 0 radical (unpaired) electrons. The summed E-state index contributed by atoms with van der Waals surface area (Å²) in [4.78, 5) is 12.4. The molecule has 4 aliphatic rings. The van der Waals surface area contributed by atoms with Crippen LogP contribution in [0, 0.1) is 34.5 Å². The third-order valence-corrected chi connectivity index (χ3v) is 7.86. The van der Waals surface area contributed by atoms with E-state index in [2.05, 4.69) is 32.6 Å². The predicted molar refractivity (Wildman–Crippen MR) is 85.8 cm³/mol. The number of carbonyl (C=O) groups is 1. The molecule has 3 saturated carbocycles. The molecule has 0 bridgehead atoms. The highest BCUT2D eigenvalue weighted by Gasteiger charge is 2.59. The Morgan fingerprint density at radius 2 is 1.95 bits per heavy atom. The average molecular weight is 284 g/mol. The number of Topliss-reactive ketones (excluding diaryl/α,β-unsaturated/α-hetero) is 1. The van der Waals surface area contributed by atoms with Gasteiger partial charge in [-0.05, 0) is 67.6 Å². The Labute approximate surface area is 128 Å². The van der Waals surface area contributed by atoms with E-state index in [-0.39, 0.29) is 5.41 Å². The van der Waals surface area contributed by atoms with E-state index in [0.717, 1.165) is 37.0 Å². The summed E-state index contributed by atoms with van der Waals surface area (Å²) in [5.41, 5.74) is 1.69. The van der Waals surface area contributed by atoms with E-state index >= 15 is 0 Å². The van der Waals surface area contributed by atoms with E-state index in [4.69, 9.17) is 0 Å². The van der Waals surface area contributed by atoms with Crippen molar-refractivity contribution in [1.82, 2.24) is 0 Å². The van der Waals surface area contributed by atoms with Crippen molar-refractivity contribution in [2.24, 2.45) is 34.5 Å². The van der Waals surface area contributed by atoms with Crippen molar-refractivity contribution < 1.29 is 4.79 Å². The van der Waals surface area contributed by atoms with Crippen LogP contribution in [0.15, 0.2) is 24.3 Å². The topological polar surface area (TPSA) is 17.1 Å². The van der Waals surface area contributed by atoms with Gasteiger partial charge in [0.05, 0.1) is 0 Å². The summed E-state index contributed by atoms with van der Waals surface area (Å²) in [6.07, 6.45) is 13.0. The van der Waals surface area contributed by atoms with Gasteiger partial charge in [-0.25, -0.2) is 0 Å². The smallest absolute Gasteiger partial charge is 0.139 e. The van der Waals surface area contributed by atoms with Crippen LogP contribution in [0.2, 0.25) is 0 Å². The average Bonchev–Trinajstić information content (AvgIpc) is 2.76. The number of allylic oxidation sites excluding steroid dienone is 3. The van der Waals surface area contributed by atoms with Crippen LogP contribution in [0.5, 0.6) is 0 Å². The van der Waals surface area contributed by atoms with E-state index in [1.165, 1.54) is 31.3 Å². The van der Waals surface area contributed by atoms with Crippen molar-refractivity contribution in [3.05, 3.63) is 24.3 Å². The molecule has 0 saturated heterocycles. The molecule has 0 amide bonds. The van der Waals surface area contributed by atoms with Crippen molar-refractivity contribution in [2.75, 3.05) is 0 Å². The molecule has 3 fully saturated rings. The Kier molecular flexibility index (Phi) is 2.85. The predicted octanol–water partition coefficient (Wildman–Crippen LogP) is 4.93. The van der Waals surface area contributed by atoms with Crippen LogP contribution in [0.3, 0.4) is 0 Å². The molecule has 0 heterocycles. The van der Waals surface area contributed by atoms with E-state index in [1.807, 2.05) is 0 Å². The molecular formula is C20H28O. The van der Waals surface area contributed by atoms with Crippen LogP contribution in [-0.2, 0) is 4.79 Å². The fourth-order valence-electron chi connectivity index (χ4n) is 6.50. The highest BCUT2D eigenvalue weighted by atomic mass is 16.1. The molecule has 0 aliphatic heterocycles. The molecule has 21 heavy (non-hydrogen) atoms. The molecular weight excluding hydrogens is 256 g/mol. The summed E-state index contributed by atoms with van der Waals surface area (Å²) in [5, 5.41) is 0. The van der Waals surface area contributed by atoms with Crippen molar-refractivity contribution in [2.45, 2.75) is 58.8 Å². The molecule has 1 heteroatoms. The lowest BCUT2D eigenvalue weighted by Gasteiger charge is -2.58. The molecule has 0 aromatic rings. The van der Waals surface area contributed by atoms with Gasteiger partial charge in [0, 0.05) is 11.8 Å².